The molecule has 0 radical (unpaired) electrons. The highest BCUT2D eigenvalue weighted by Crippen LogP contribution is 2.09. The first kappa shape index (κ1) is 15.9. The number of rotatable bonds is 3. The summed E-state index contributed by atoms with van der Waals surface area (Å²) in [6.07, 6.45) is 0.0693. The van der Waals surface area contributed by atoms with E-state index in [4.69, 9.17) is 0 Å². The van der Waals surface area contributed by atoms with Crippen LogP contribution >= 0.6 is 0 Å². The molecule has 20 heavy (non-hydrogen) atoms. The van der Waals surface area contributed by atoms with Crippen molar-refractivity contribution in [2.45, 2.75) is 27.2 Å². The number of carbonyl (C=O) groups excluding carboxylic acids is 2. The average molecular weight is 281 g/mol. The van der Waals surface area contributed by atoms with Gasteiger partial charge in [-0.05, 0) is 23.1 Å². The van der Waals surface area contributed by atoms with Crippen LogP contribution in [-0.2, 0) is 11.2 Å². The highest BCUT2D eigenvalue weighted by molar-refractivity contribution is 5.82. The third-order valence-corrected chi connectivity index (χ3v) is 2.37. The minimum absolute atomic E-state index is 0.0323. The van der Waals surface area contributed by atoms with Gasteiger partial charge in [-0.15, -0.1) is 0 Å². The van der Waals surface area contributed by atoms with Crippen LogP contribution in [0.5, 0.6) is 0 Å². The molecule has 1 aromatic carbocycles. The van der Waals surface area contributed by atoms with E-state index in [0.717, 1.165) is 0 Å². The molecule has 0 saturated heterocycles. The molecule has 0 saturated carbocycles. The van der Waals surface area contributed by atoms with Crippen molar-refractivity contribution in [1.82, 2.24) is 16.2 Å². The fourth-order valence-corrected chi connectivity index (χ4v) is 1.35. The fourth-order valence-electron chi connectivity index (χ4n) is 1.35. The molecule has 0 aromatic heterocycles. The second-order valence-corrected chi connectivity index (χ2v) is 5.72. The van der Waals surface area contributed by atoms with Gasteiger partial charge in [0.05, 0.1) is 6.42 Å². The van der Waals surface area contributed by atoms with Gasteiger partial charge in [0.15, 0.2) is 0 Å². The summed E-state index contributed by atoms with van der Waals surface area (Å²) in [5.74, 6) is -0.726. The predicted octanol–water partition coefficient (Wildman–Crippen LogP) is 1.74. The molecule has 6 heteroatoms. The highest BCUT2D eigenvalue weighted by atomic mass is 19.1. The molecule has 1 aromatic rings. The maximum absolute atomic E-state index is 12.7. The Bertz CT molecular complexity index is 466. The van der Waals surface area contributed by atoms with E-state index in [9.17, 15) is 14.0 Å². The zero-order valence-corrected chi connectivity index (χ0v) is 11.9. The quantitative estimate of drug-likeness (QED) is 0.739. The summed E-state index contributed by atoms with van der Waals surface area (Å²) in [6, 6.07) is 5.15. The molecule has 3 amide bonds. The number of hydrogen-bond acceptors (Lipinski definition) is 2. The number of nitrogens with one attached hydrogen (secondary N) is 3. The first-order chi connectivity index (χ1) is 9.26. The minimum atomic E-state index is -0.465. The maximum atomic E-state index is 12.7. The topological polar surface area (TPSA) is 70.2 Å². The fraction of sp³-hybridized carbons (Fsp3) is 0.429. The van der Waals surface area contributed by atoms with Gasteiger partial charge in [-0.2, -0.15) is 0 Å². The number of hydrazine groups is 1. The van der Waals surface area contributed by atoms with Crippen molar-refractivity contribution in [3.05, 3.63) is 35.6 Å². The average Bonchev–Trinajstić information content (AvgIpc) is 2.36. The Labute approximate surface area is 117 Å². The zero-order valence-electron chi connectivity index (χ0n) is 11.9. The van der Waals surface area contributed by atoms with Crippen molar-refractivity contribution < 1.29 is 14.0 Å². The second kappa shape index (κ2) is 6.88. The lowest BCUT2D eigenvalue weighted by Crippen LogP contribution is -2.49. The second-order valence-electron chi connectivity index (χ2n) is 5.72. The molecule has 1 rings (SSSR count). The van der Waals surface area contributed by atoms with Crippen LogP contribution in [0, 0.1) is 11.2 Å². The summed E-state index contributed by atoms with van der Waals surface area (Å²) in [7, 11) is 0. The van der Waals surface area contributed by atoms with Crippen molar-refractivity contribution >= 4 is 11.9 Å². The SMILES string of the molecule is CC(C)(C)CNC(=O)NNC(=O)Cc1ccc(F)cc1. The molecule has 0 spiro atoms. The normalized spacial score (nSPS) is 10.8. The highest BCUT2D eigenvalue weighted by Gasteiger charge is 2.12. The summed E-state index contributed by atoms with van der Waals surface area (Å²) in [6.45, 7) is 6.45. The van der Waals surface area contributed by atoms with Crippen LogP contribution in [0.25, 0.3) is 0 Å². The van der Waals surface area contributed by atoms with Gasteiger partial charge >= 0.3 is 6.03 Å². The molecule has 0 fully saturated rings. The number of carbonyl (C=O) groups is 2. The van der Waals surface area contributed by atoms with E-state index in [1.807, 2.05) is 20.8 Å². The lowest BCUT2D eigenvalue weighted by molar-refractivity contribution is -0.121. The van der Waals surface area contributed by atoms with Gasteiger partial charge in [-0.3, -0.25) is 10.2 Å². The van der Waals surface area contributed by atoms with E-state index in [1.165, 1.54) is 24.3 Å². The summed E-state index contributed by atoms with van der Waals surface area (Å²) in [5.41, 5.74) is 5.19. The Morgan fingerprint density at radius 3 is 2.25 bits per heavy atom. The number of benzene rings is 1. The number of halogens is 1. The van der Waals surface area contributed by atoms with Crippen molar-refractivity contribution in [2.75, 3.05) is 6.54 Å². The van der Waals surface area contributed by atoms with Crippen LogP contribution in [0.15, 0.2) is 24.3 Å². The lowest BCUT2D eigenvalue weighted by atomic mass is 9.97. The van der Waals surface area contributed by atoms with Gasteiger partial charge in [0.2, 0.25) is 5.91 Å². The molecular formula is C14H20FN3O2. The van der Waals surface area contributed by atoms with E-state index in [2.05, 4.69) is 16.2 Å². The molecule has 0 bridgehead atoms. The third kappa shape index (κ3) is 6.72. The van der Waals surface area contributed by atoms with Crippen LogP contribution in [0.3, 0.4) is 0 Å². The predicted molar refractivity (Wildman–Crippen MR) is 74.2 cm³/mol. The van der Waals surface area contributed by atoms with Gasteiger partial charge < -0.3 is 5.32 Å². The molecule has 0 atom stereocenters. The first-order valence-corrected chi connectivity index (χ1v) is 6.33. The Morgan fingerprint density at radius 1 is 1.10 bits per heavy atom. The third-order valence-electron chi connectivity index (χ3n) is 2.37. The zero-order chi connectivity index (χ0) is 15.2. The Balaban J connectivity index is 2.29. The maximum Gasteiger partial charge on any atom is 0.333 e. The lowest BCUT2D eigenvalue weighted by Gasteiger charge is -2.19. The van der Waals surface area contributed by atoms with Crippen LogP contribution in [0.1, 0.15) is 26.3 Å². The largest absolute Gasteiger partial charge is 0.336 e. The van der Waals surface area contributed by atoms with E-state index in [1.54, 1.807) is 0 Å². The summed E-state index contributed by atoms with van der Waals surface area (Å²) < 4.78 is 12.7. The van der Waals surface area contributed by atoms with Gasteiger partial charge in [-0.1, -0.05) is 32.9 Å². The number of amides is 3. The van der Waals surface area contributed by atoms with Gasteiger partial charge in [-0.25, -0.2) is 14.6 Å². The van der Waals surface area contributed by atoms with Gasteiger partial charge in [0.1, 0.15) is 5.82 Å². The Morgan fingerprint density at radius 2 is 1.70 bits per heavy atom. The molecule has 0 aliphatic heterocycles. The molecule has 0 heterocycles. The number of hydrogen-bond donors (Lipinski definition) is 3. The van der Waals surface area contributed by atoms with Crippen molar-refractivity contribution in [1.29, 1.82) is 0 Å². The van der Waals surface area contributed by atoms with E-state index in [-0.39, 0.29) is 23.6 Å². The molecule has 0 unspecified atom stereocenters. The van der Waals surface area contributed by atoms with Crippen LogP contribution < -0.4 is 16.2 Å². The Kier molecular flexibility index (Phi) is 5.49. The minimum Gasteiger partial charge on any atom is -0.336 e. The van der Waals surface area contributed by atoms with Crippen molar-refractivity contribution in [3.63, 3.8) is 0 Å². The number of urea groups is 1. The summed E-state index contributed by atoms with van der Waals surface area (Å²) >= 11 is 0. The molecule has 0 aliphatic rings. The summed E-state index contributed by atoms with van der Waals surface area (Å²) in [5, 5.41) is 2.63. The smallest absolute Gasteiger partial charge is 0.333 e. The van der Waals surface area contributed by atoms with Crippen LogP contribution in [-0.4, -0.2) is 18.5 Å². The molecule has 5 nitrogen and oxygen atoms in total. The van der Waals surface area contributed by atoms with Gasteiger partial charge in [0.25, 0.3) is 0 Å². The molecular weight excluding hydrogens is 261 g/mol. The van der Waals surface area contributed by atoms with Crippen LogP contribution in [0.2, 0.25) is 0 Å². The van der Waals surface area contributed by atoms with Crippen molar-refractivity contribution in [3.8, 4) is 0 Å². The van der Waals surface area contributed by atoms with E-state index < -0.39 is 6.03 Å². The van der Waals surface area contributed by atoms with E-state index >= 15 is 0 Å². The van der Waals surface area contributed by atoms with E-state index in [0.29, 0.717) is 12.1 Å². The monoisotopic (exact) mass is 281 g/mol. The molecule has 3 N–H and O–H groups in total. The standard InChI is InChI=1S/C14H20FN3O2/c1-14(2,3)9-16-13(20)18-17-12(19)8-10-4-6-11(15)7-5-10/h4-7H,8-9H2,1-3H3,(H,17,19)(H2,16,18,20). The Hall–Kier alpha value is -2.11. The first-order valence-electron chi connectivity index (χ1n) is 6.33. The molecule has 110 valence electrons. The van der Waals surface area contributed by atoms with Crippen LogP contribution in [0.4, 0.5) is 9.18 Å². The van der Waals surface area contributed by atoms with Gasteiger partial charge in [0, 0.05) is 6.54 Å². The molecule has 0 aliphatic carbocycles. The summed E-state index contributed by atoms with van der Waals surface area (Å²) in [4.78, 5) is 23.0. The van der Waals surface area contributed by atoms with Crippen molar-refractivity contribution in [2.24, 2.45) is 5.41 Å².